The summed E-state index contributed by atoms with van der Waals surface area (Å²) in [6, 6.07) is 7.73. The van der Waals surface area contributed by atoms with Gasteiger partial charge in [0.05, 0.1) is 12.4 Å². The molecule has 0 bridgehead atoms. The molecule has 0 radical (unpaired) electrons. The number of benzene rings is 1. The lowest BCUT2D eigenvalue weighted by molar-refractivity contribution is 0.431. The first-order chi connectivity index (χ1) is 9.61. The van der Waals surface area contributed by atoms with Gasteiger partial charge in [0, 0.05) is 20.1 Å². The van der Waals surface area contributed by atoms with Crippen molar-refractivity contribution in [1.29, 1.82) is 0 Å². The van der Waals surface area contributed by atoms with Crippen LogP contribution in [0.25, 0.3) is 0 Å². The topological polar surface area (TPSA) is 75.2 Å². The van der Waals surface area contributed by atoms with Gasteiger partial charge in [-0.3, -0.25) is 0 Å². The van der Waals surface area contributed by atoms with E-state index >= 15 is 0 Å². The van der Waals surface area contributed by atoms with Crippen molar-refractivity contribution in [2.24, 2.45) is 0 Å². The Morgan fingerprint density at radius 1 is 1.10 bits per heavy atom. The van der Waals surface area contributed by atoms with Gasteiger partial charge in [0.1, 0.15) is 4.90 Å². The maximum Gasteiger partial charge on any atom is 0.246 e. The number of nitrogens with one attached hydrogen (secondary N) is 1. The third-order valence-corrected chi connectivity index (χ3v) is 5.05. The summed E-state index contributed by atoms with van der Waals surface area (Å²) in [6.45, 7) is 0.790. The minimum atomic E-state index is -3.55. The lowest BCUT2D eigenvalue weighted by Crippen LogP contribution is -2.26. The van der Waals surface area contributed by atoms with Gasteiger partial charge in [-0.05, 0) is 11.1 Å². The molecule has 0 saturated carbocycles. The largest absolute Gasteiger partial charge is 0.357 e. The zero-order valence-corrected chi connectivity index (χ0v) is 11.8. The molecule has 20 heavy (non-hydrogen) atoms. The van der Waals surface area contributed by atoms with Crippen LogP contribution in [0, 0.1) is 0 Å². The maximum atomic E-state index is 12.5. The Morgan fingerprint density at radius 3 is 2.15 bits per heavy atom. The molecule has 0 aliphatic carbocycles. The Morgan fingerprint density at radius 2 is 1.65 bits per heavy atom. The smallest absolute Gasteiger partial charge is 0.246 e. The minimum Gasteiger partial charge on any atom is -0.357 e. The van der Waals surface area contributed by atoms with Gasteiger partial charge >= 0.3 is 0 Å². The number of nitrogens with zero attached hydrogens (tertiary/aromatic N) is 3. The fraction of sp³-hybridized carbons (Fsp3) is 0.231. The molecule has 0 unspecified atom stereocenters. The maximum absolute atomic E-state index is 12.5. The fourth-order valence-corrected chi connectivity index (χ4v) is 3.49. The monoisotopic (exact) mass is 290 g/mol. The number of aromatic nitrogens is 2. The molecule has 0 spiro atoms. The summed E-state index contributed by atoms with van der Waals surface area (Å²) in [5.41, 5.74) is 2.09. The fourth-order valence-electron chi connectivity index (χ4n) is 2.20. The first kappa shape index (κ1) is 13.0. The average Bonchev–Trinajstić information content (AvgIpc) is 2.92. The highest BCUT2D eigenvalue weighted by molar-refractivity contribution is 7.89. The molecule has 7 heteroatoms. The summed E-state index contributed by atoms with van der Waals surface area (Å²) in [4.78, 5) is 8.03. The molecular formula is C13H14N4O2S. The summed E-state index contributed by atoms with van der Waals surface area (Å²) in [5, 5.41) is 2.76. The molecule has 104 valence electrons. The van der Waals surface area contributed by atoms with E-state index in [-0.39, 0.29) is 4.90 Å². The van der Waals surface area contributed by atoms with Crippen molar-refractivity contribution in [3.05, 3.63) is 47.8 Å². The van der Waals surface area contributed by atoms with Crippen molar-refractivity contribution in [3.8, 4) is 0 Å². The number of hydrogen-bond acceptors (Lipinski definition) is 5. The second kappa shape index (κ2) is 4.84. The van der Waals surface area contributed by atoms with E-state index < -0.39 is 10.0 Å². The van der Waals surface area contributed by atoms with Crippen molar-refractivity contribution in [2.45, 2.75) is 18.0 Å². The van der Waals surface area contributed by atoms with Gasteiger partial charge in [0.25, 0.3) is 0 Å². The van der Waals surface area contributed by atoms with Crippen LogP contribution in [0.2, 0.25) is 0 Å². The van der Waals surface area contributed by atoms with Crippen LogP contribution in [0.15, 0.2) is 41.6 Å². The van der Waals surface area contributed by atoms with Crippen LogP contribution < -0.4 is 5.32 Å². The third-order valence-electron chi connectivity index (χ3n) is 3.30. The SMILES string of the molecule is CNc1ncc(S(=O)(=O)N2Cc3ccccc3C2)cn1. The number of sulfonamides is 1. The van der Waals surface area contributed by atoms with Crippen molar-refractivity contribution >= 4 is 16.0 Å². The molecule has 1 N–H and O–H groups in total. The van der Waals surface area contributed by atoms with E-state index in [4.69, 9.17) is 0 Å². The van der Waals surface area contributed by atoms with Gasteiger partial charge < -0.3 is 5.32 Å². The predicted molar refractivity (Wildman–Crippen MR) is 74.5 cm³/mol. The van der Waals surface area contributed by atoms with Gasteiger partial charge in [0.15, 0.2) is 0 Å². The Balaban J connectivity index is 1.90. The lowest BCUT2D eigenvalue weighted by Gasteiger charge is -2.15. The van der Waals surface area contributed by atoms with Crippen LogP contribution >= 0.6 is 0 Å². The Bertz CT molecular complexity index is 703. The molecule has 6 nitrogen and oxygen atoms in total. The summed E-state index contributed by atoms with van der Waals surface area (Å²) in [7, 11) is -1.87. The highest BCUT2D eigenvalue weighted by atomic mass is 32.2. The first-order valence-electron chi connectivity index (χ1n) is 6.18. The zero-order chi connectivity index (χ0) is 14.2. The van der Waals surface area contributed by atoms with E-state index in [1.165, 1.54) is 16.7 Å². The van der Waals surface area contributed by atoms with Crippen LogP contribution in [0.5, 0.6) is 0 Å². The summed E-state index contributed by atoms with van der Waals surface area (Å²) in [6.07, 6.45) is 2.66. The van der Waals surface area contributed by atoms with Gasteiger partial charge in [-0.25, -0.2) is 18.4 Å². The van der Waals surface area contributed by atoms with Gasteiger partial charge in [-0.2, -0.15) is 4.31 Å². The molecule has 0 saturated heterocycles. The quantitative estimate of drug-likeness (QED) is 0.920. The summed E-state index contributed by atoms with van der Waals surface area (Å²) < 4.78 is 26.5. The van der Waals surface area contributed by atoms with Gasteiger partial charge in [0.2, 0.25) is 16.0 Å². The third kappa shape index (κ3) is 2.14. The summed E-state index contributed by atoms with van der Waals surface area (Å²) >= 11 is 0. The van der Waals surface area contributed by atoms with Crippen LogP contribution in [-0.4, -0.2) is 29.7 Å². The number of anilines is 1. The number of hydrogen-bond donors (Lipinski definition) is 1. The van der Waals surface area contributed by atoms with Crippen molar-refractivity contribution in [3.63, 3.8) is 0 Å². The Labute approximate surface area is 117 Å². The molecule has 1 aliphatic heterocycles. The first-order valence-corrected chi connectivity index (χ1v) is 7.62. The van der Waals surface area contributed by atoms with E-state index in [0.717, 1.165) is 11.1 Å². The molecule has 1 aromatic heterocycles. The van der Waals surface area contributed by atoms with Crippen molar-refractivity contribution < 1.29 is 8.42 Å². The van der Waals surface area contributed by atoms with Crippen LogP contribution in [0.4, 0.5) is 5.95 Å². The Kier molecular flexibility index (Phi) is 3.15. The Hall–Kier alpha value is -1.99. The minimum absolute atomic E-state index is 0.115. The molecule has 0 atom stereocenters. The molecule has 2 aromatic rings. The van der Waals surface area contributed by atoms with E-state index in [9.17, 15) is 8.42 Å². The molecule has 1 aromatic carbocycles. The van der Waals surface area contributed by atoms with E-state index in [0.29, 0.717) is 19.0 Å². The normalized spacial score (nSPS) is 15.1. The second-order valence-corrected chi connectivity index (χ2v) is 6.47. The predicted octanol–water partition coefficient (Wildman–Crippen LogP) is 1.22. The number of rotatable bonds is 3. The molecule has 3 rings (SSSR count). The van der Waals surface area contributed by atoms with Crippen LogP contribution in [0.3, 0.4) is 0 Å². The molecule has 1 aliphatic rings. The van der Waals surface area contributed by atoms with Crippen molar-refractivity contribution in [2.75, 3.05) is 12.4 Å². The summed E-state index contributed by atoms with van der Waals surface area (Å²) in [5.74, 6) is 0.397. The average molecular weight is 290 g/mol. The van der Waals surface area contributed by atoms with Gasteiger partial charge in [-0.15, -0.1) is 0 Å². The van der Waals surface area contributed by atoms with E-state index in [1.807, 2.05) is 24.3 Å². The molecule has 0 amide bonds. The van der Waals surface area contributed by atoms with Gasteiger partial charge in [-0.1, -0.05) is 24.3 Å². The molecular weight excluding hydrogens is 276 g/mol. The van der Waals surface area contributed by atoms with Crippen LogP contribution in [0.1, 0.15) is 11.1 Å². The van der Waals surface area contributed by atoms with Crippen LogP contribution in [-0.2, 0) is 23.1 Å². The second-order valence-electron chi connectivity index (χ2n) is 4.53. The highest BCUT2D eigenvalue weighted by Crippen LogP contribution is 2.27. The van der Waals surface area contributed by atoms with E-state index in [1.54, 1.807) is 7.05 Å². The molecule has 2 heterocycles. The standard InChI is InChI=1S/C13H14N4O2S/c1-14-13-15-6-12(7-16-13)20(18,19)17-8-10-4-2-3-5-11(10)9-17/h2-7H,8-9H2,1H3,(H,14,15,16). The van der Waals surface area contributed by atoms with Crippen molar-refractivity contribution in [1.82, 2.24) is 14.3 Å². The zero-order valence-electron chi connectivity index (χ0n) is 10.9. The highest BCUT2D eigenvalue weighted by Gasteiger charge is 2.30. The lowest BCUT2D eigenvalue weighted by atomic mass is 10.1. The van der Waals surface area contributed by atoms with E-state index in [2.05, 4.69) is 15.3 Å². The number of fused-ring (bicyclic) bond motifs is 1. The molecule has 0 fully saturated rings.